The molecule has 158 valence electrons. The van der Waals surface area contributed by atoms with Crippen LogP contribution < -0.4 is 10.9 Å². The Balaban J connectivity index is 1.53. The Bertz CT molecular complexity index is 1340. The largest absolute Gasteiger partial charge is 0.350 e. The monoisotopic (exact) mass is 419 g/mol. The van der Waals surface area contributed by atoms with Crippen LogP contribution >= 0.6 is 0 Å². The van der Waals surface area contributed by atoms with Gasteiger partial charge in [0.15, 0.2) is 5.65 Å². The molecule has 0 unspecified atom stereocenters. The standard InChI is InChI=1S/C23H22FN5O2/c1-14-6-15(2)8-18(7-14)29-22-19(11-27-29)23(31)28(13-26-22)12-21(30)25-10-17-5-4-16(3)20(24)9-17/h4-9,11,13H,10,12H2,1-3H3,(H,25,30). The van der Waals surface area contributed by atoms with E-state index in [0.29, 0.717) is 22.2 Å². The first-order valence-electron chi connectivity index (χ1n) is 9.85. The number of nitrogens with zero attached hydrogens (tertiary/aromatic N) is 4. The van der Waals surface area contributed by atoms with Crippen molar-refractivity contribution < 1.29 is 9.18 Å². The Hall–Kier alpha value is -3.81. The highest BCUT2D eigenvalue weighted by Gasteiger charge is 2.14. The summed E-state index contributed by atoms with van der Waals surface area (Å²) in [5.74, 6) is -0.690. The molecule has 4 aromatic rings. The van der Waals surface area contributed by atoms with Crippen LogP contribution in [0.5, 0.6) is 0 Å². The van der Waals surface area contributed by atoms with E-state index in [4.69, 9.17) is 0 Å². The maximum atomic E-state index is 13.6. The number of rotatable bonds is 5. The lowest BCUT2D eigenvalue weighted by atomic mass is 10.1. The van der Waals surface area contributed by atoms with Crippen LogP contribution in [0.4, 0.5) is 4.39 Å². The zero-order valence-corrected chi connectivity index (χ0v) is 17.5. The van der Waals surface area contributed by atoms with Crippen molar-refractivity contribution in [3.05, 3.63) is 87.3 Å². The minimum absolute atomic E-state index is 0.172. The Morgan fingerprint density at radius 3 is 2.55 bits per heavy atom. The van der Waals surface area contributed by atoms with E-state index in [9.17, 15) is 14.0 Å². The minimum atomic E-state index is -0.370. The molecule has 0 fully saturated rings. The van der Waals surface area contributed by atoms with E-state index in [-0.39, 0.29) is 30.4 Å². The second kappa shape index (κ2) is 8.14. The predicted molar refractivity (Wildman–Crippen MR) is 116 cm³/mol. The minimum Gasteiger partial charge on any atom is -0.350 e. The van der Waals surface area contributed by atoms with Crippen molar-refractivity contribution in [3.63, 3.8) is 0 Å². The van der Waals surface area contributed by atoms with Crippen LogP contribution in [0, 0.1) is 26.6 Å². The Morgan fingerprint density at radius 2 is 1.84 bits per heavy atom. The number of carbonyl (C=O) groups is 1. The molecule has 0 saturated carbocycles. The van der Waals surface area contributed by atoms with Crippen molar-refractivity contribution in [1.29, 1.82) is 0 Å². The summed E-state index contributed by atoms with van der Waals surface area (Å²) in [7, 11) is 0. The van der Waals surface area contributed by atoms with Gasteiger partial charge in [0.2, 0.25) is 5.91 Å². The molecule has 0 bridgehead atoms. The zero-order chi connectivity index (χ0) is 22.1. The van der Waals surface area contributed by atoms with Crippen LogP contribution in [0.2, 0.25) is 0 Å². The van der Waals surface area contributed by atoms with Crippen molar-refractivity contribution >= 4 is 16.9 Å². The molecule has 1 N–H and O–H groups in total. The molecule has 4 rings (SSSR count). The highest BCUT2D eigenvalue weighted by molar-refractivity contribution is 5.78. The topological polar surface area (TPSA) is 81.8 Å². The summed E-state index contributed by atoms with van der Waals surface area (Å²) in [5, 5.41) is 7.35. The second-order valence-corrected chi connectivity index (χ2v) is 7.68. The molecule has 31 heavy (non-hydrogen) atoms. The highest BCUT2D eigenvalue weighted by Crippen LogP contribution is 2.17. The van der Waals surface area contributed by atoms with Gasteiger partial charge in [0, 0.05) is 6.54 Å². The lowest BCUT2D eigenvalue weighted by molar-refractivity contribution is -0.121. The van der Waals surface area contributed by atoms with Crippen LogP contribution in [0.3, 0.4) is 0 Å². The summed E-state index contributed by atoms with van der Waals surface area (Å²) in [4.78, 5) is 29.5. The van der Waals surface area contributed by atoms with Crippen molar-refractivity contribution in [2.75, 3.05) is 0 Å². The molecule has 0 aliphatic heterocycles. The van der Waals surface area contributed by atoms with Gasteiger partial charge < -0.3 is 5.32 Å². The van der Waals surface area contributed by atoms with Crippen LogP contribution in [-0.2, 0) is 17.9 Å². The summed E-state index contributed by atoms with van der Waals surface area (Å²) < 4.78 is 16.5. The van der Waals surface area contributed by atoms with E-state index in [1.807, 2.05) is 26.0 Å². The van der Waals surface area contributed by atoms with Crippen LogP contribution in [-0.4, -0.2) is 25.2 Å². The van der Waals surface area contributed by atoms with Gasteiger partial charge in [-0.3, -0.25) is 14.2 Å². The first-order valence-corrected chi connectivity index (χ1v) is 9.85. The number of aryl methyl sites for hydroxylation is 3. The van der Waals surface area contributed by atoms with Gasteiger partial charge >= 0.3 is 0 Å². The third-order valence-corrected chi connectivity index (χ3v) is 5.05. The molecule has 8 heteroatoms. The SMILES string of the molecule is Cc1cc(C)cc(-n2ncc3c(=O)n(CC(=O)NCc4ccc(C)c(F)c4)cnc32)c1. The van der Waals surface area contributed by atoms with Crippen molar-refractivity contribution in [2.45, 2.75) is 33.9 Å². The van der Waals surface area contributed by atoms with E-state index < -0.39 is 0 Å². The number of halogens is 1. The number of hydrogen-bond donors (Lipinski definition) is 1. The Kier molecular flexibility index (Phi) is 5.37. The number of amides is 1. The predicted octanol–water partition coefficient (Wildman–Crippen LogP) is 2.96. The number of aromatic nitrogens is 4. The second-order valence-electron chi connectivity index (χ2n) is 7.68. The smallest absolute Gasteiger partial charge is 0.264 e. The molecule has 0 aliphatic carbocycles. The fourth-order valence-electron chi connectivity index (χ4n) is 3.48. The molecule has 0 saturated heterocycles. The van der Waals surface area contributed by atoms with Gasteiger partial charge in [0.1, 0.15) is 24.1 Å². The third-order valence-electron chi connectivity index (χ3n) is 5.05. The summed E-state index contributed by atoms with van der Waals surface area (Å²) >= 11 is 0. The van der Waals surface area contributed by atoms with Crippen LogP contribution in [0.1, 0.15) is 22.3 Å². The van der Waals surface area contributed by atoms with Crippen molar-refractivity contribution in [2.24, 2.45) is 0 Å². The van der Waals surface area contributed by atoms with E-state index in [1.165, 1.54) is 23.2 Å². The maximum absolute atomic E-state index is 13.6. The molecule has 0 spiro atoms. The summed E-state index contributed by atoms with van der Waals surface area (Å²) in [6.45, 7) is 5.64. The summed E-state index contributed by atoms with van der Waals surface area (Å²) in [5.41, 5.74) is 4.25. The number of fused-ring (bicyclic) bond motifs is 1. The number of hydrogen-bond acceptors (Lipinski definition) is 4. The van der Waals surface area contributed by atoms with Crippen LogP contribution in [0.15, 0.2) is 53.7 Å². The lowest BCUT2D eigenvalue weighted by Crippen LogP contribution is -2.32. The number of nitrogens with one attached hydrogen (secondary N) is 1. The maximum Gasteiger partial charge on any atom is 0.264 e. The summed E-state index contributed by atoms with van der Waals surface area (Å²) in [6.07, 6.45) is 2.81. The van der Waals surface area contributed by atoms with Crippen molar-refractivity contribution in [3.8, 4) is 5.69 Å². The summed E-state index contributed by atoms with van der Waals surface area (Å²) in [6, 6.07) is 10.8. The molecule has 2 heterocycles. The number of carbonyl (C=O) groups excluding carboxylic acids is 1. The molecule has 7 nitrogen and oxygen atoms in total. The molecular weight excluding hydrogens is 397 g/mol. The van der Waals surface area contributed by atoms with Gasteiger partial charge in [-0.15, -0.1) is 0 Å². The van der Waals surface area contributed by atoms with Gasteiger partial charge in [-0.05, 0) is 61.2 Å². The molecule has 0 atom stereocenters. The quantitative estimate of drug-likeness (QED) is 0.539. The normalized spacial score (nSPS) is 11.1. The van der Waals surface area contributed by atoms with E-state index in [0.717, 1.165) is 16.8 Å². The fraction of sp³-hybridized carbons (Fsp3) is 0.217. The van der Waals surface area contributed by atoms with Gasteiger partial charge in [-0.2, -0.15) is 5.10 Å². The van der Waals surface area contributed by atoms with Gasteiger partial charge in [-0.25, -0.2) is 14.1 Å². The molecule has 1 amide bonds. The Labute approximate surface area is 178 Å². The van der Waals surface area contributed by atoms with Crippen LogP contribution in [0.25, 0.3) is 16.7 Å². The fourth-order valence-corrected chi connectivity index (χ4v) is 3.48. The van der Waals surface area contributed by atoms with Gasteiger partial charge in [0.05, 0.1) is 11.9 Å². The first kappa shape index (κ1) is 20.5. The number of benzene rings is 2. The van der Waals surface area contributed by atoms with Crippen molar-refractivity contribution in [1.82, 2.24) is 24.6 Å². The molecule has 0 aliphatic rings. The molecule has 0 radical (unpaired) electrons. The zero-order valence-electron chi connectivity index (χ0n) is 17.5. The van der Waals surface area contributed by atoms with Gasteiger partial charge in [-0.1, -0.05) is 18.2 Å². The molecule has 2 aromatic carbocycles. The van der Waals surface area contributed by atoms with Gasteiger partial charge in [0.25, 0.3) is 5.56 Å². The average Bonchev–Trinajstić information content (AvgIpc) is 3.15. The molecular formula is C23H22FN5O2. The Morgan fingerprint density at radius 1 is 1.10 bits per heavy atom. The van der Waals surface area contributed by atoms with E-state index in [2.05, 4.69) is 21.5 Å². The first-order chi connectivity index (χ1) is 14.8. The third kappa shape index (κ3) is 4.23. The molecule has 2 aromatic heterocycles. The highest BCUT2D eigenvalue weighted by atomic mass is 19.1. The average molecular weight is 419 g/mol. The lowest BCUT2D eigenvalue weighted by Gasteiger charge is -2.09. The van der Waals surface area contributed by atoms with E-state index >= 15 is 0 Å². The van der Waals surface area contributed by atoms with E-state index in [1.54, 1.807) is 23.7 Å².